The number of para-hydroxylation sites is 1. The number of rotatable bonds is 6. The molecule has 2 aromatic rings. The van der Waals surface area contributed by atoms with Crippen LogP contribution in [0.5, 0.6) is 0 Å². The van der Waals surface area contributed by atoms with Crippen LogP contribution >= 0.6 is 0 Å². The third kappa shape index (κ3) is 5.13. The van der Waals surface area contributed by atoms with Crippen LogP contribution in [0.15, 0.2) is 47.4 Å². The number of hydrogen-bond donors (Lipinski definition) is 1. The van der Waals surface area contributed by atoms with Crippen molar-refractivity contribution in [3.63, 3.8) is 0 Å². The highest BCUT2D eigenvalue weighted by atomic mass is 32.2. The smallest absolute Gasteiger partial charge is 0.240 e. The van der Waals surface area contributed by atoms with E-state index in [1.807, 2.05) is 17.9 Å². The molecule has 0 atom stereocenters. The van der Waals surface area contributed by atoms with Gasteiger partial charge < -0.3 is 9.80 Å². The lowest BCUT2D eigenvalue weighted by molar-refractivity contribution is -0.131. The molecule has 156 valence electrons. The number of aryl methyl sites for hydroxylation is 2. The highest BCUT2D eigenvalue weighted by molar-refractivity contribution is 7.89. The average molecular weight is 420 g/mol. The number of nitrogens with one attached hydrogen (secondary N) is 1. The second-order valence-electron chi connectivity index (χ2n) is 7.24. The minimum Gasteiger partial charge on any atom is -0.366 e. The number of carbonyl (C=O) groups is 1. The number of sulfonamides is 1. The molecule has 8 heteroatoms. The molecule has 0 spiro atoms. The van der Waals surface area contributed by atoms with Gasteiger partial charge in [0.15, 0.2) is 0 Å². The van der Waals surface area contributed by atoms with Crippen LogP contribution in [-0.4, -0.2) is 51.9 Å². The Morgan fingerprint density at radius 2 is 1.76 bits per heavy atom. The van der Waals surface area contributed by atoms with Crippen molar-refractivity contribution in [2.75, 3.05) is 37.6 Å². The van der Waals surface area contributed by atoms with Crippen LogP contribution in [-0.2, 0) is 14.8 Å². The highest BCUT2D eigenvalue weighted by Crippen LogP contribution is 2.20. The van der Waals surface area contributed by atoms with E-state index < -0.39 is 10.0 Å². The van der Waals surface area contributed by atoms with Gasteiger partial charge >= 0.3 is 0 Å². The lowest BCUT2D eigenvalue weighted by Gasteiger charge is -2.36. The summed E-state index contributed by atoms with van der Waals surface area (Å²) in [6.45, 7) is 5.75. The lowest BCUT2D eigenvalue weighted by Crippen LogP contribution is -2.49. The first-order valence-electron chi connectivity index (χ1n) is 9.62. The Hall–Kier alpha value is -2.45. The predicted molar refractivity (Wildman–Crippen MR) is 111 cm³/mol. The summed E-state index contributed by atoms with van der Waals surface area (Å²) in [5.41, 5.74) is 2.21. The van der Waals surface area contributed by atoms with E-state index in [1.54, 1.807) is 42.2 Å². The molecule has 29 heavy (non-hydrogen) atoms. The normalized spacial score (nSPS) is 14.9. The molecule has 2 aromatic carbocycles. The van der Waals surface area contributed by atoms with Gasteiger partial charge in [-0.3, -0.25) is 4.79 Å². The van der Waals surface area contributed by atoms with Gasteiger partial charge in [-0.15, -0.1) is 0 Å². The summed E-state index contributed by atoms with van der Waals surface area (Å²) in [6, 6.07) is 11.7. The maximum atomic E-state index is 13.9. The Morgan fingerprint density at radius 3 is 2.41 bits per heavy atom. The van der Waals surface area contributed by atoms with Gasteiger partial charge in [0.05, 0.1) is 10.6 Å². The number of benzene rings is 2. The molecular weight excluding hydrogens is 393 g/mol. The maximum Gasteiger partial charge on any atom is 0.240 e. The lowest BCUT2D eigenvalue weighted by atomic mass is 10.2. The average Bonchev–Trinajstić information content (AvgIpc) is 2.68. The molecule has 6 nitrogen and oxygen atoms in total. The topological polar surface area (TPSA) is 69.7 Å². The van der Waals surface area contributed by atoms with Gasteiger partial charge in [0, 0.05) is 39.1 Å². The number of carbonyl (C=O) groups excluding carboxylic acids is 1. The zero-order valence-corrected chi connectivity index (χ0v) is 17.5. The molecule has 1 N–H and O–H groups in total. The Bertz CT molecular complexity index is 986. The standard InChI is InChI=1S/C21H26FN3O3S/c1-16-7-8-20(17(2)15-16)29(27,28)23-10-9-21(26)25-13-11-24(12-14-25)19-6-4-3-5-18(19)22/h3-8,15,23H,9-14H2,1-2H3. The summed E-state index contributed by atoms with van der Waals surface area (Å²) in [5, 5.41) is 0. The zero-order valence-electron chi connectivity index (χ0n) is 16.7. The van der Waals surface area contributed by atoms with Gasteiger partial charge in [-0.2, -0.15) is 0 Å². The summed E-state index contributed by atoms with van der Waals surface area (Å²) in [5.74, 6) is -0.380. The van der Waals surface area contributed by atoms with Crippen LogP contribution in [0.1, 0.15) is 17.5 Å². The summed E-state index contributed by atoms with van der Waals surface area (Å²) >= 11 is 0. The molecule has 1 amide bonds. The van der Waals surface area contributed by atoms with Crippen molar-refractivity contribution < 1.29 is 17.6 Å². The Balaban J connectivity index is 1.50. The molecule has 0 aromatic heterocycles. The van der Waals surface area contributed by atoms with E-state index in [1.165, 1.54) is 6.07 Å². The predicted octanol–water partition coefficient (Wildman–Crippen LogP) is 2.46. The molecule has 3 rings (SSSR count). The number of amides is 1. The summed E-state index contributed by atoms with van der Waals surface area (Å²) in [6.07, 6.45) is 0.0871. The first-order valence-corrected chi connectivity index (χ1v) is 11.1. The van der Waals surface area contributed by atoms with Crippen molar-refractivity contribution in [3.8, 4) is 0 Å². The Kier molecular flexibility index (Phi) is 6.54. The molecule has 1 heterocycles. The molecule has 1 fully saturated rings. The largest absolute Gasteiger partial charge is 0.366 e. The second-order valence-corrected chi connectivity index (χ2v) is 8.97. The van der Waals surface area contributed by atoms with Crippen LogP contribution in [0.4, 0.5) is 10.1 Å². The van der Waals surface area contributed by atoms with E-state index in [0.29, 0.717) is 37.4 Å². The van der Waals surface area contributed by atoms with Crippen molar-refractivity contribution in [1.82, 2.24) is 9.62 Å². The SMILES string of the molecule is Cc1ccc(S(=O)(=O)NCCC(=O)N2CCN(c3ccccc3F)CC2)c(C)c1. The monoisotopic (exact) mass is 419 g/mol. The minimum absolute atomic E-state index is 0.0437. The van der Waals surface area contributed by atoms with E-state index in [-0.39, 0.29) is 29.6 Å². The van der Waals surface area contributed by atoms with E-state index >= 15 is 0 Å². The van der Waals surface area contributed by atoms with Crippen molar-refractivity contribution in [1.29, 1.82) is 0 Å². The Labute approximate surface area is 171 Å². The van der Waals surface area contributed by atoms with Gasteiger partial charge in [0.25, 0.3) is 0 Å². The molecule has 0 unspecified atom stereocenters. The van der Waals surface area contributed by atoms with Crippen LogP contribution < -0.4 is 9.62 Å². The first kappa shape index (κ1) is 21.3. The first-order chi connectivity index (χ1) is 13.8. The van der Waals surface area contributed by atoms with E-state index in [4.69, 9.17) is 0 Å². The number of piperazine rings is 1. The second kappa shape index (κ2) is 8.92. The third-order valence-corrected chi connectivity index (χ3v) is 6.70. The van der Waals surface area contributed by atoms with Gasteiger partial charge in [-0.05, 0) is 37.6 Å². The van der Waals surface area contributed by atoms with Crippen LogP contribution in [0.25, 0.3) is 0 Å². The van der Waals surface area contributed by atoms with Crippen LogP contribution in [0, 0.1) is 19.7 Å². The maximum absolute atomic E-state index is 13.9. The minimum atomic E-state index is -3.65. The molecular formula is C21H26FN3O3S. The van der Waals surface area contributed by atoms with Gasteiger partial charge in [0.2, 0.25) is 15.9 Å². The molecule has 0 aliphatic carbocycles. The molecule has 1 aliphatic heterocycles. The fourth-order valence-corrected chi connectivity index (χ4v) is 4.79. The van der Waals surface area contributed by atoms with Gasteiger partial charge in [-0.25, -0.2) is 17.5 Å². The van der Waals surface area contributed by atoms with E-state index in [0.717, 1.165) is 5.56 Å². The fourth-order valence-electron chi connectivity index (χ4n) is 3.53. The molecule has 1 aliphatic rings. The molecule has 0 radical (unpaired) electrons. The summed E-state index contributed by atoms with van der Waals surface area (Å²) in [4.78, 5) is 16.3. The van der Waals surface area contributed by atoms with Gasteiger partial charge in [-0.1, -0.05) is 29.8 Å². The van der Waals surface area contributed by atoms with Crippen LogP contribution in [0.3, 0.4) is 0 Å². The highest BCUT2D eigenvalue weighted by Gasteiger charge is 2.23. The van der Waals surface area contributed by atoms with Crippen LogP contribution in [0.2, 0.25) is 0 Å². The van der Waals surface area contributed by atoms with Crippen molar-refractivity contribution in [2.45, 2.75) is 25.2 Å². The van der Waals surface area contributed by atoms with Crippen molar-refractivity contribution >= 4 is 21.6 Å². The van der Waals surface area contributed by atoms with E-state index in [2.05, 4.69) is 4.72 Å². The summed E-state index contributed by atoms with van der Waals surface area (Å²) < 4.78 is 41.4. The number of nitrogens with zero attached hydrogens (tertiary/aromatic N) is 2. The number of hydrogen-bond acceptors (Lipinski definition) is 4. The quantitative estimate of drug-likeness (QED) is 0.781. The van der Waals surface area contributed by atoms with E-state index in [9.17, 15) is 17.6 Å². The molecule has 1 saturated heterocycles. The van der Waals surface area contributed by atoms with Crippen molar-refractivity contribution in [2.24, 2.45) is 0 Å². The third-order valence-electron chi connectivity index (χ3n) is 5.08. The number of halogens is 1. The fraction of sp³-hybridized carbons (Fsp3) is 0.381. The summed E-state index contributed by atoms with van der Waals surface area (Å²) in [7, 11) is -3.65. The Morgan fingerprint density at radius 1 is 1.07 bits per heavy atom. The zero-order chi connectivity index (χ0) is 21.0. The molecule has 0 saturated carbocycles. The molecule has 0 bridgehead atoms. The number of anilines is 1. The van der Waals surface area contributed by atoms with Gasteiger partial charge in [0.1, 0.15) is 5.82 Å². The van der Waals surface area contributed by atoms with Crippen molar-refractivity contribution in [3.05, 3.63) is 59.4 Å².